The third kappa shape index (κ3) is 1.42. The normalized spacial score (nSPS) is 42.2. The minimum atomic E-state index is -0.417. The summed E-state index contributed by atoms with van der Waals surface area (Å²) in [5.74, 6) is 0.733. The molecular weight excluding hydrogens is 210 g/mol. The molecule has 1 saturated carbocycles. The number of rotatable bonds is 3. The van der Waals surface area contributed by atoms with Crippen molar-refractivity contribution in [3.63, 3.8) is 0 Å². The van der Waals surface area contributed by atoms with Gasteiger partial charge in [-0.2, -0.15) is 11.8 Å². The largest absolute Gasteiger partial charge is 0.456 e. The molecule has 4 heteroatoms. The van der Waals surface area contributed by atoms with Crippen molar-refractivity contribution in [3.8, 4) is 0 Å². The van der Waals surface area contributed by atoms with Crippen LogP contribution in [0.2, 0.25) is 0 Å². The minimum Gasteiger partial charge on any atom is -0.456 e. The number of nitrogens with two attached hydrogens (primary N) is 1. The molecule has 0 aromatic carbocycles. The standard InChI is InChI=1S/C11H17NO2S/c1-7(13)14-11(6-12)9-5-3-4-8(9)10(11)15-2/h3-4,8-10H,5-6,12H2,1-2H3/t8-,9+,10-,11-/m1/s1. The molecule has 2 aliphatic rings. The zero-order chi connectivity index (χ0) is 11.1. The van der Waals surface area contributed by atoms with Crippen LogP contribution in [-0.2, 0) is 9.53 Å². The Hall–Kier alpha value is -0.480. The summed E-state index contributed by atoms with van der Waals surface area (Å²) in [6, 6.07) is 0. The van der Waals surface area contributed by atoms with Gasteiger partial charge in [-0.05, 0) is 18.6 Å². The number of hydrogen-bond donors (Lipinski definition) is 1. The number of fused-ring (bicyclic) bond motifs is 1. The number of allylic oxidation sites excluding steroid dienone is 2. The molecule has 1 fully saturated rings. The summed E-state index contributed by atoms with van der Waals surface area (Å²) in [6.45, 7) is 1.89. The lowest BCUT2D eigenvalue weighted by molar-refractivity contribution is -0.180. The molecule has 2 N–H and O–H groups in total. The quantitative estimate of drug-likeness (QED) is 0.581. The van der Waals surface area contributed by atoms with E-state index in [0.717, 1.165) is 6.42 Å². The van der Waals surface area contributed by atoms with Crippen LogP contribution in [0.5, 0.6) is 0 Å². The van der Waals surface area contributed by atoms with Crippen LogP contribution in [0.3, 0.4) is 0 Å². The lowest BCUT2D eigenvalue weighted by atomic mass is 9.62. The van der Waals surface area contributed by atoms with Crippen LogP contribution in [0.4, 0.5) is 0 Å². The molecule has 0 saturated heterocycles. The van der Waals surface area contributed by atoms with Crippen molar-refractivity contribution < 1.29 is 9.53 Å². The summed E-state index contributed by atoms with van der Waals surface area (Å²) in [5.41, 5.74) is 5.40. The van der Waals surface area contributed by atoms with E-state index in [0.29, 0.717) is 23.6 Å². The van der Waals surface area contributed by atoms with E-state index < -0.39 is 5.60 Å². The Morgan fingerprint density at radius 1 is 1.73 bits per heavy atom. The molecule has 0 aromatic rings. The zero-order valence-electron chi connectivity index (χ0n) is 9.10. The molecule has 0 amide bonds. The van der Waals surface area contributed by atoms with Gasteiger partial charge in [0, 0.05) is 19.4 Å². The smallest absolute Gasteiger partial charge is 0.303 e. The molecule has 0 heterocycles. The van der Waals surface area contributed by atoms with Crippen LogP contribution in [0, 0.1) is 11.8 Å². The molecule has 0 bridgehead atoms. The van der Waals surface area contributed by atoms with E-state index in [1.807, 2.05) is 0 Å². The highest BCUT2D eigenvalue weighted by molar-refractivity contribution is 7.99. The van der Waals surface area contributed by atoms with E-state index in [1.165, 1.54) is 6.92 Å². The predicted octanol–water partition coefficient (Wildman–Crippen LogP) is 1.18. The second-order valence-electron chi connectivity index (χ2n) is 4.26. The van der Waals surface area contributed by atoms with Gasteiger partial charge in [0.15, 0.2) is 0 Å². The van der Waals surface area contributed by atoms with E-state index in [1.54, 1.807) is 11.8 Å². The first-order chi connectivity index (χ1) is 7.15. The predicted molar refractivity (Wildman–Crippen MR) is 61.6 cm³/mol. The van der Waals surface area contributed by atoms with Crippen molar-refractivity contribution in [1.82, 2.24) is 0 Å². The summed E-state index contributed by atoms with van der Waals surface area (Å²) >= 11 is 1.75. The molecule has 0 unspecified atom stereocenters. The van der Waals surface area contributed by atoms with Gasteiger partial charge in [-0.3, -0.25) is 4.79 Å². The second-order valence-corrected chi connectivity index (χ2v) is 5.24. The van der Waals surface area contributed by atoms with Gasteiger partial charge in [0.1, 0.15) is 5.60 Å². The number of hydrogen-bond acceptors (Lipinski definition) is 4. The van der Waals surface area contributed by atoms with E-state index in [4.69, 9.17) is 10.5 Å². The molecule has 84 valence electrons. The maximum Gasteiger partial charge on any atom is 0.303 e. The molecule has 3 nitrogen and oxygen atoms in total. The number of esters is 1. The lowest BCUT2D eigenvalue weighted by Crippen LogP contribution is -2.68. The summed E-state index contributed by atoms with van der Waals surface area (Å²) in [5, 5.41) is 0.329. The average molecular weight is 227 g/mol. The summed E-state index contributed by atoms with van der Waals surface area (Å²) in [4.78, 5) is 11.2. The highest BCUT2D eigenvalue weighted by atomic mass is 32.2. The van der Waals surface area contributed by atoms with Gasteiger partial charge in [0.2, 0.25) is 0 Å². The third-order valence-electron chi connectivity index (χ3n) is 3.58. The highest BCUT2D eigenvalue weighted by Gasteiger charge is 2.63. The molecule has 0 aliphatic heterocycles. The monoisotopic (exact) mass is 227 g/mol. The van der Waals surface area contributed by atoms with Gasteiger partial charge in [0.05, 0.1) is 5.25 Å². The Morgan fingerprint density at radius 2 is 2.47 bits per heavy atom. The van der Waals surface area contributed by atoms with Gasteiger partial charge in [-0.25, -0.2) is 0 Å². The lowest BCUT2D eigenvalue weighted by Gasteiger charge is -2.56. The van der Waals surface area contributed by atoms with Crippen LogP contribution >= 0.6 is 11.8 Å². The van der Waals surface area contributed by atoms with Crippen LogP contribution in [0.1, 0.15) is 13.3 Å². The SMILES string of the molecule is CS[C@@H]1[C@@H]2C=CC[C@@H]2[C@@]1(CN)OC(C)=O. The Labute approximate surface area is 94.4 Å². The maximum absolute atomic E-state index is 11.2. The molecular formula is C11H17NO2S. The zero-order valence-corrected chi connectivity index (χ0v) is 9.92. The van der Waals surface area contributed by atoms with Crippen LogP contribution in [-0.4, -0.2) is 29.6 Å². The van der Waals surface area contributed by atoms with Crippen molar-refractivity contribution in [1.29, 1.82) is 0 Å². The summed E-state index contributed by atoms with van der Waals surface area (Å²) in [6.07, 6.45) is 7.47. The summed E-state index contributed by atoms with van der Waals surface area (Å²) < 4.78 is 5.52. The fourth-order valence-electron chi connectivity index (χ4n) is 3.00. The van der Waals surface area contributed by atoms with Crippen molar-refractivity contribution in [2.75, 3.05) is 12.8 Å². The van der Waals surface area contributed by atoms with Crippen molar-refractivity contribution in [2.45, 2.75) is 24.2 Å². The number of carbonyl (C=O) groups is 1. The van der Waals surface area contributed by atoms with Gasteiger partial charge >= 0.3 is 5.97 Å². The summed E-state index contributed by atoms with van der Waals surface area (Å²) in [7, 11) is 0. The third-order valence-corrected chi connectivity index (χ3v) is 4.80. The maximum atomic E-state index is 11.2. The topological polar surface area (TPSA) is 52.3 Å². The molecule has 0 spiro atoms. The van der Waals surface area contributed by atoms with Crippen molar-refractivity contribution in [2.24, 2.45) is 17.6 Å². The van der Waals surface area contributed by atoms with Crippen molar-refractivity contribution >= 4 is 17.7 Å². The average Bonchev–Trinajstić information content (AvgIpc) is 2.60. The van der Waals surface area contributed by atoms with E-state index >= 15 is 0 Å². The number of carbonyl (C=O) groups excluding carboxylic acids is 1. The molecule has 4 atom stereocenters. The highest BCUT2D eigenvalue weighted by Crippen LogP contribution is 2.56. The first-order valence-corrected chi connectivity index (χ1v) is 6.53. The Morgan fingerprint density at radius 3 is 3.00 bits per heavy atom. The Balaban J connectivity index is 2.20. The van der Waals surface area contributed by atoms with Crippen molar-refractivity contribution in [3.05, 3.63) is 12.2 Å². The van der Waals surface area contributed by atoms with Crippen LogP contribution < -0.4 is 5.73 Å². The second kappa shape index (κ2) is 3.83. The fourth-order valence-corrected chi connectivity index (χ4v) is 4.31. The Bertz CT molecular complexity index is 305. The fraction of sp³-hybridized carbons (Fsp3) is 0.727. The van der Waals surface area contributed by atoms with Crippen LogP contribution in [0.15, 0.2) is 12.2 Å². The Kier molecular flexibility index (Phi) is 2.81. The van der Waals surface area contributed by atoms with E-state index in [9.17, 15) is 4.79 Å². The van der Waals surface area contributed by atoms with Gasteiger partial charge in [-0.15, -0.1) is 0 Å². The van der Waals surface area contributed by atoms with Gasteiger partial charge in [-0.1, -0.05) is 12.2 Å². The molecule has 2 rings (SSSR count). The molecule has 0 aromatic heterocycles. The first-order valence-electron chi connectivity index (χ1n) is 5.25. The minimum absolute atomic E-state index is 0.218. The van der Waals surface area contributed by atoms with E-state index in [2.05, 4.69) is 18.4 Å². The molecule has 15 heavy (non-hydrogen) atoms. The van der Waals surface area contributed by atoms with Crippen LogP contribution in [0.25, 0.3) is 0 Å². The molecule has 0 radical (unpaired) electrons. The first kappa shape index (κ1) is 11.0. The van der Waals surface area contributed by atoms with Gasteiger partial charge in [0.25, 0.3) is 0 Å². The van der Waals surface area contributed by atoms with E-state index in [-0.39, 0.29) is 5.97 Å². The number of thioether (sulfide) groups is 1. The molecule has 2 aliphatic carbocycles. The number of ether oxygens (including phenoxy) is 1. The van der Waals surface area contributed by atoms with Gasteiger partial charge < -0.3 is 10.5 Å².